The van der Waals surface area contributed by atoms with E-state index in [1.54, 1.807) is 0 Å². The van der Waals surface area contributed by atoms with Gasteiger partial charge in [-0.2, -0.15) is 0 Å². The molecular weight excluding hydrogens is 348 g/mol. The van der Waals surface area contributed by atoms with Gasteiger partial charge in [-0.15, -0.1) is 0 Å². The van der Waals surface area contributed by atoms with E-state index < -0.39 is 0 Å². The highest BCUT2D eigenvalue weighted by atomic mass is 16.1. The first-order chi connectivity index (χ1) is 13.6. The largest absolute Gasteiger partial charge is 0.300 e. The van der Waals surface area contributed by atoms with Crippen LogP contribution in [0.3, 0.4) is 0 Å². The second-order valence-electron chi connectivity index (χ2n) is 8.36. The molecule has 0 saturated heterocycles. The molecule has 0 aromatic rings. The highest BCUT2D eigenvalue weighted by Gasteiger charge is 2.10. The second kappa shape index (κ2) is 20.7. The number of rotatable bonds is 22. The van der Waals surface area contributed by atoms with Crippen LogP contribution < -0.4 is 0 Å². The van der Waals surface area contributed by atoms with Crippen LogP contribution in [0.25, 0.3) is 0 Å². The SMILES string of the molecule is CCCCCCCCCC(=O)CCC(=O)CCC(=O)CCCCCCCCC. The maximum Gasteiger partial charge on any atom is 0.133 e. The zero-order valence-electron chi connectivity index (χ0n) is 18.9. The van der Waals surface area contributed by atoms with Crippen LogP contribution in [0.4, 0.5) is 0 Å². The Morgan fingerprint density at radius 2 is 0.607 bits per heavy atom. The highest BCUT2D eigenvalue weighted by Crippen LogP contribution is 2.12. The molecule has 3 heteroatoms. The van der Waals surface area contributed by atoms with Gasteiger partial charge in [0.2, 0.25) is 0 Å². The zero-order valence-corrected chi connectivity index (χ0v) is 18.9. The Morgan fingerprint density at radius 1 is 0.357 bits per heavy atom. The third-order valence-corrected chi connectivity index (χ3v) is 5.48. The molecule has 0 atom stereocenters. The van der Waals surface area contributed by atoms with E-state index in [2.05, 4.69) is 13.8 Å². The Kier molecular flexibility index (Phi) is 20.0. The van der Waals surface area contributed by atoms with Crippen LogP contribution in [0.1, 0.15) is 142 Å². The van der Waals surface area contributed by atoms with Crippen molar-refractivity contribution in [1.29, 1.82) is 0 Å². The second-order valence-corrected chi connectivity index (χ2v) is 8.36. The molecule has 3 nitrogen and oxygen atoms in total. The molecule has 0 bridgehead atoms. The summed E-state index contributed by atoms with van der Waals surface area (Å²) in [4.78, 5) is 35.6. The summed E-state index contributed by atoms with van der Waals surface area (Å²) in [6.07, 6.45) is 19.4. The summed E-state index contributed by atoms with van der Waals surface area (Å²) < 4.78 is 0. The lowest BCUT2D eigenvalue weighted by atomic mass is 10.0. The molecule has 0 aliphatic rings. The molecule has 0 unspecified atom stereocenters. The average molecular weight is 395 g/mol. The van der Waals surface area contributed by atoms with Crippen molar-refractivity contribution in [3.63, 3.8) is 0 Å². The molecule has 0 aliphatic carbocycles. The quantitative estimate of drug-likeness (QED) is 0.178. The highest BCUT2D eigenvalue weighted by molar-refractivity contribution is 5.89. The number of unbranched alkanes of at least 4 members (excludes halogenated alkanes) is 12. The summed E-state index contributed by atoms with van der Waals surface area (Å²) in [5.74, 6) is 0.480. The standard InChI is InChI=1S/C25H46O3/c1-3-5-7-9-11-13-15-17-23(26)19-21-25(28)22-20-24(27)18-16-14-12-10-8-6-4-2/h3-22H2,1-2H3. The van der Waals surface area contributed by atoms with Crippen molar-refractivity contribution in [3.05, 3.63) is 0 Å². The van der Waals surface area contributed by atoms with Gasteiger partial charge >= 0.3 is 0 Å². The summed E-state index contributed by atoms with van der Waals surface area (Å²) in [6.45, 7) is 4.43. The Hall–Kier alpha value is -0.990. The number of carbonyl (C=O) groups is 3. The van der Waals surface area contributed by atoms with Crippen molar-refractivity contribution in [2.24, 2.45) is 0 Å². The molecule has 0 aromatic heterocycles. The maximum absolute atomic E-state index is 11.9. The Labute approximate surface area is 174 Å². The van der Waals surface area contributed by atoms with Gasteiger partial charge < -0.3 is 0 Å². The van der Waals surface area contributed by atoms with E-state index in [0.717, 1.165) is 25.7 Å². The first-order valence-electron chi connectivity index (χ1n) is 12.1. The molecular formula is C25H46O3. The predicted molar refractivity (Wildman–Crippen MR) is 119 cm³/mol. The zero-order chi connectivity index (χ0) is 20.9. The first-order valence-corrected chi connectivity index (χ1v) is 12.1. The molecule has 0 saturated carbocycles. The van der Waals surface area contributed by atoms with E-state index in [1.807, 2.05) is 0 Å². The Bertz CT molecular complexity index is 365. The van der Waals surface area contributed by atoms with Crippen molar-refractivity contribution < 1.29 is 14.4 Å². The van der Waals surface area contributed by atoms with E-state index in [1.165, 1.54) is 64.2 Å². The number of ketones is 3. The van der Waals surface area contributed by atoms with Crippen molar-refractivity contribution in [1.82, 2.24) is 0 Å². The van der Waals surface area contributed by atoms with Crippen LogP contribution >= 0.6 is 0 Å². The average Bonchev–Trinajstić information content (AvgIpc) is 2.69. The van der Waals surface area contributed by atoms with Gasteiger partial charge in [0.25, 0.3) is 0 Å². The van der Waals surface area contributed by atoms with Gasteiger partial charge in [-0.05, 0) is 12.8 Å². The minimum Gasteiger partial charge on any atom is -0.300 e. The van der Waals surface area contributed by atoms with Gasteiger partial charge in [0.15, 0.2) is 0 Å². The molecule has 0 aliphatic heterocycles. The Morgan fingerprint density at radius 3 is 0.929 bits per heavy atom. The minimum atomic E-state index is 0.0702. The predicted octanol–water partition coefficient (Wildman–Crippen LogP) is 7.54. The first kappa shape index (κ1) is 27.0. The lowest BCUT2D eigenvalue weighted by Gasteiger charge is -2.03. The minimum absolute atomic E-state index is 0.0702. The number of Topliss-reactive ketones (excluding diaryl/α,β-unsaturated/α-hetero) is 3. The van der Waals surface area contributed by atoms with Crippen molar-refractivity contribution in [2.75, 3.05) is 0 Å². The maximum atomic E-state index is 11.9. The molecule has 0 N–H and O–H groups in total. The van der Waals surface area contributed by atoms with Crippen LogP contribution in [-0.4, -0.2) is 17.3 Å². The lowest BCUT2D eigenvalue weighted by Crippen LogP contribution is -2.07. The molecule has 0 radical (unpaired) electrons. The van der Waals surface area contributed by atoms with Gasteiger partial charge in [0.05, 0.1) is 0 Å². The van der Waals surface area contributed by atoms with E-state index >= 15 is 0 Å². The molecule has 0 fully saturated rings. The Balaban J connectivity index is 3.49. The van der Waals surface area contributed by atoms with Crippen LogP contribution in [0.2, 0.25) is 0 Å². The fourth-order valence-corrected chi connectivity index (χ4v) is 3.49. The number of carbonyl (C=O) groups excluding carboxylic acids is 3. The third kappa shape index (κ3) is 19.8. The van der Waals surface area contributed by atoms with E-state index in [-0.39, 0.29) is 17.3 Å². The monoisotopic (exact) mass is 394 g/mol. The third-order valence-electron chi connectivity index (χ3n) is 5.48. The van der Waals surface area contributed by atoms with Crippen LogP contribution in [0.5, 0.6) is 0 Å². The number of hydrogen-bond acceptors (Lipinski definition) is 3. The smallest absolute Gasteiger partial charge is 0.133 e. The van der Waals surface area contributed by atoms with Gasteiger partial charge in [0, 0.05) is 38.5 Å². The van der Waals surface area contributed by atoms with Gasteiger partial charge in [-0.3, -0.25) is 14.4 Å². The lowest BCUT2D eigenvalue weighted by molar-refractivity contribution is -0.126. The number of hydrogen-bond donors (Lipinski definition) is 0. The van der Waals surface area contributed by atoms with Crippen molar-refractivity contribution >= 4 is 17.3 Å². The fraction of sp³-hybridized carbons (Fsp3) is 0.880. The van der Waals surface area contributed by atoms with Crippen LogP contribution in [0.15, 0.2) is 0 Å². The van der Waals surface area contributed by atoms with Crippen LogP contribution in [0, 0.1) is 0 Å². The molecule has 164 valence electrons. The molecule has 0 spiro atoms. The summed E-state index contributed by atoms with van der Waals surface area (Å²) in [5.41, 5.74) is 0. The fourth-order valence-electron chi connectivity index (χ4n) is 3.49. The van der Waals surface area contributed by atoms with Gasteiger partial charge in [-0.1, -0.05) is 90.9 Å². The van der Waals surface area contributed by atoms with E-state index in [0.29, 0.717) is 38.5 Å². The topological polar surface area (TPSA) is 51.2 Å². The van der Waals surface area contributed by atoms with E-state index in [4.69, 9.17) is 0 Å². The molecule has 0 aromatic carbocycles. The van der Waals surface area contributed by atoms with Gasteiger partial charge in [-0.25, -0.2) is 0 Å². The van der Waals surface area contributed by atoms with E-state index in [9.17, 15) is 14.4 Å². The van der Waals surface area contributed by atoms with Gasteiger partial charge in [0.1, 0.15) is 17.3 Å². The van der Waals surface area contributed by atoms with Crippen molar-refractivity contribution in [2.45, 2.75) is 142 Å². The summed E-state index contributed by atoms with van der Waals surface area (Å²) in [5, 5.41) is 0. The molecule has 0 rings (SSSR count). The van der Waals surface area contributed by atoms with Crippen molar-refractivity contribution in [3.8, 4) is 0 Å². The molecule has 0 heterocycles. The summed E-state index contributed by atoms with van der Waals surface area (Å²) in [6, 6.07) is 0. The molecule has 0 amide bonds. The summed E-state index contributed by atoms with van der Waals surface area (Å²) >= 11 is 0. The van der Waals surface area contributed by atoms with Crippen LogP contribution in [-0.2, 0) is 14.4 Å². The normalized spacial score (nSPS) is 10.9. The molecule has 28 heavy (non-hydrogen) atoms. The summed E-state index contributed by atoms with van der Waals surface area (Å²) in [7, 11) is 0.